The molecule has 0 aliphatic carbocycles. The monoisotopic (exact) mass is 406 g/mol. The minimum Gasteiger partial charge on any atom is -0.495 e. The first-order chi connectivity index (χ1) is 13.3. The second-order valence-electron chi connectivity index (χ2n) is 6.70. The highest BCUT2D eigenvalue weighted by Crippen LogP contribution is 2.30. The zero-order chi connectivity index (χ0) is 20.3. The van der Waals surface area contributed by atoms with Crippen LogP contribution in [0.25, 0.3) is 0 Å². The molecule has 1 heterocycles. The molecule has 1 aliphatic rings. The van der Waals surface area contributed by atoms with E-state index in [4.69, 9.17) is 4.74 Å². The number of benzene rings is 2. The lowest BCUT2D eigenvalue weighted by Crippen LogP contribution is -2.43. The highest BCUT2D eigenvalue weighted by molar-refractivity contribution is 7.89. The number of methoxy groups -OCH3 is 1. The van der Waals surface area contributed by atoms with Crippen molar-refractivity contribution < 1.29 is 22.3 Å². The normalized spacial score (nSPS) is 16.0. The minimum atomic E-state index is -3.69. The number of hydrogen-bond acceptors (Lipinski definition) is 4. The summed E-state index contributed by atoms with van der Waals surface area (Å²) in [4.78, 5) is 14.5. The van der Waals surface area contributed by atoms with E-state index in [0.29, 0.717) is 24.3 Å². The van der Waals surface area contributed by atoms with Crippen molar-refractivity contribution in [2.45, 2.75) is 17.7 Å². The molecule has 1 saturated heterocycles. The Morgan fingerprint density at radius 3 is 2.32 bits per heavy atom. The molecule has 1 fully saturated rings. The number of amides is 1. The number of piperidine rings is 1. The van der Waals surface area contributed by atoms with Crippen LogP contribution >= 0.6 is 0 Å². The second kappa shape index (κ2) is 8.28. The lowest BCUT2D eigenvalue weighted by Gasteiger charge is -2.32. The number of anilines is 1. The number of para-hydroxylation sites is 2. The fourth-order valence-corrected chi connectivity index (χ4v) is 4.87. The number of nitrogens with zero attached hydrogens (tertiary/aromatic N) is 2. The van der Waals surface area contributed by atoms with Crippen LogP contribution in [0.2, 0.25) is 0 Å². The summed E-state index contributed by atoms with van der Waals surface area (Å²) < 4.78 is 45.1. The average Bonchev–Trinajstić information content (AvgIpc) is 2.73. The Morgan fingerprint density at radius 2 is 1.71 bits per heavy atom. The Labute approximate surface area is 164 Å². The number of carbonyl (C=O) groups excluding carboxylic acids is 1. The maximum Gasteiger partial charge on any atom is 0.243 e. The summed E-state index contributed by atoms with van der Waals surface area (Å²) in [6, 6.07) is 12.0. The number of carbonyl (C=O) groups is 1. The molecule has 2 aromatic rings. The Balaban J connectivity index is 1.68. The predicted molar refractivity (Wildman–Crippen MR) is 104 cm³/mol. The highest BCUT2D eigenvalue weighted by Gasteiger charge is 2.33. The van der Waals surface area contributed by atoms with Crippen LogP contribution < -0.4 is 9.64 Å². The molecule has 0 N–H and O–H groups in total. The number of ether oxygens (including phenoxy) is 1. The third kappa shape index (κ3) is 4.02. The maximum absolute atomic E-state index is 13.1. The molecule has 0 aromatic heterocycles. The predicted octanol–water partition coefficient (Wildman–Crippen LogP) is 2.90. The van der Waals surface area contributed by atoms with E-state index >= 15 is 0 Å². The highest BCUT2D eigenvalue weighted by atomic mass is 32.2. The van der Waals surface area contributed by atoms with Gasteiger partial charge in [0.25, 0.3) is 0 Å². The fourth-order valence-electron chi connectivity index (χ4n) is 3.40. The lowest BCUT2D eigenvalue weighted by molar-refractivity contribution is -0.123. The Bertz CT molecular complexity index is 939. The molecule has 8 heteroatoms. The van der Waals surface area contributed by atoms with E-state index in [9.17, 15) is 17.6 Å². The third-order valence-electron chi connectivity index (χ3n) is 5.03. The van der Waals surface area contributed by atoms with Gasteiger partial charge in [-0.3, -0.25) is 4.79 Å². The van der Waals surface area contributed by atoms with Crippen LogP contribution in [0.4, 0.5) is 10.1 Å². The smallest absolute Gasteiger partial charge is 0.243 e. The quantitative estimate of drug-likeness (QED) is 0.766. The summed E-state index contributed by atoms with van der Waals surface area (Å²) in [6.07, 6.45) is 0.859. The Morgan fingerprint density at radius 1 is 1.11 bits per heavy atom. The molecule has 3 rings (SSSR count). The van der Waals surface area contributed by atoms with E-state index in [1.807, 2.05) is 18.2 Å². The molecule has 2 aromatic carbocycles. The van der Waals surface area contributed by atoms with E-state index in [1.54, 1.807) is 25.1 Å². The van der Waals surface area contributed by atoms with Crippen LogP contribution in [0.3, 0.4) is 0 Å². The summed E-state index contributed by atoms with van der Waals surface area (Å²) in [5.74, 6) is -0.213. The largest absolute Gasteiger partial charge is 0.495 e. The molecule has 0 unspecified atom stereocenters. The van der Waals surface area contributed by atoms with Gasteiger partial charge in [-0.25, -0.2) is 12.8 Å². The molecular weight excluding hydrogens is 383 g/mol. The molecule has 0 saturated carbocycles. The van der Waals surface area contributed by atoms with Crippen molar-refractivity contribution in [2.75, 3.05) is 32.1 Å². The van der Waals surface area contributed by atoms with Gasteiger partial charge in [-0.2, -0.15) is 4.31 Å². The van der Waals surface area contributed by atoms with E-state index in [-0.39, 0.29) is 29.8 Å². The number of hydrogen-bond donors (Lipinski definition) is 0. The number of rotatable bonds is 5. The van der Waals surface area contributed by atoms with Gasteiger partial charge in [-0.1, -0.05) is 12.1 Å². The molecule has 6 nitrogen and oxygen atoms in total. The molecule has 0 atom stereocenters. The third-order valence-corrected chi connectivity index (χ3v) is 6.94. The summed E-state index contributed by atoms with van der Waals surface area (Å²) in [5.41, 5.74) is 0.677. The van der Waals surface area contributed by atoms with E-state index in [1.165, 1.54) is 16.4 Å². The van der Waals surface area contributed by atoms with Crippen molar-refractivity contribution >= 4 is 21.6 Å². The number of sulfonamides is 1. The molecule has 0 bridgehead atoms. The minimum absolute atomic E-state index is 0.0600. The average molecular weight is 406 g/mol. The standard InChI is InChI=1S/C20H23FN2O4S/c1-22(18-5-3-4-6-19(18)27-2)20(24)15-11-13-23(14-12-15)28(25,26)17-9-7-16(21)8-10-17/h3-10,15H,11-14H2,1-2H3. The van der Waals surface area contributed by atoms with E-state index in [2.05, 4.69) is 0 Å². The second-order valence-corrected chi connectivity index (χ2v) is 8.64. The molecule has 0 spiro atoms. The molecule has 150 valence electrons. The first-order valence-electron chi connectivity index (χ1n) is 9.01. The summed E-state index contributed by atoms with van der Waals surface area (Å²) >= 11 is 0. The first kappa shape index (κ1) is 20.3. The van der Waals surface area contributed by atoms with Gasteiger partial charge in [0.05, 0.1) is 17.7 Å². The molecule has 0 radical (unpaired) electrons. The van der Waals surface area contributed by atoms with Gasteiger partial charge in [0.1, 0.15) is 11.6 Å². The van der Waals surface area contributed by atoms with Crippen molar-refractivity contribution in [3.8, 4) is 5.75 Å². The fraction of sp³-hybridized carbons (Fsp3) is 0.350. The van der Waals surface area contributed by atoms with Gasteiger partial charge < -0.3 is 9.64 Å². The van der Waals surface area contributed by atoms with Crippen LogP contribution in [0.1, 0.15) is 12.8 Å². The molecule has 28 heavy (non-hydrogen) atoms. The van der Waals surface area contributed by atoms with Crippen molar-refractivity contribution in [3.63, 3.8) is 0 Å². The lowest BCUT2D eigenvalue weighted by atomic mass is 9.96. The van der Waals surface area contributed by atoms with E-state index < -0.39 is 15.8 Å². The van der Waals surface area contributed by atoms with Crippen LogP contribution in [0.5, 0.6) is 5.75 Å². The van der Waals surface area contributed by atoms with Crippen LogP contribution in [-0.2, 0) is 14.8 Å². The zero-order valence-electron chi connectivity index (χ0n) is 15.8. The van der Waals surface area contributed by atoms with Gasteiger partial charge in [-0.05, 0) is 49.2 Å². The maximum atomic E-state index is 13.1. The van der Waals surface area contributed by atoms with Gasteiger partial charge >= 0.3 is 0 Å². The van der Waals surface area contributed by atoms with Gasteiger partial charge in [0.2, 0.25) is 15.9 Å². The summed E-state index contributed by atoms with van der Waals surface area (Å²) in [5, 5.41) is 0. The first-order valence-corrected chi connectivity index (χ1v) is 10.4. The SMILES string of the molecule is COc1ccccc1N(C)C(=O)C1CCN(S(=O)(=O)c2ccc(F)cc2)CC1. The van der Waals surface area contributed by atoms with Gasteiger partial charge in [0.15, 0.2) is 0 Å². The molecule has 1 aliphatic heterocycles. The van der Waals surface area contributed by atoms with Crippen LogP contribution in [0.15, 0.2) is 53.4 Å². The van der Waals surface area contributed by atoms with Crippen molar-refractivity contribution in [3.05, 3.63) is 54.3 Å². The summed E-state index contributed by atoms with van der Waals surface area (Å²) in [7, 11) is -0.441. The van der Waals surface area contributed by atoms with Crippen molar-refractivity contribution in [1.82, 2.24) is 4.31 Å². The van der Waals surface area contributed by atoms with Crippen molar-refractivity contribution in [2.24, 2.45) is 5.92 Å². The van der Waals surface area contributed by atoms with Crippen LogP contribution in [-0.4, -0.2) is 45.9 Å². The molecular formula is C20H23FN2O4S. The van der Waals surface area contributed by atoms with Gasteiger partial charge in [-0.15, -0.1) is 0 Å². The van der Waals surface area contributed by atoms with E-state index in [0.717, 1.165) is 12.1 Å². The topological polar surface area (TPSA) is 66.9 Å². The number of halogens is 1. The Hall–Kier alpha value is -2.45. The van der Waals surface area contributed by atoms with Crippen molar-refractivity contribution in [1.29, 1.82) is 0 Å². The summed E-state index contributed by atoms with van der Waals surface area (Å²) in [6.45, 7) is 0.492. The van der Waals surface area contributed by atoms with Gasteiger partial charge in [0, 0.05) is 26.1 Å². The zero-order valence-corrected chi connectivity index (χ0v) is 16.7. The Kier molecular flexibility index (Phi) is 6.00. The van der Waals surface area contributed by atoms with Crippen LogP contribution in [0, 0.1) is 11.7 Å². The molecule has 1 amide bonds.